The van der Waals surface area contributed by atoms with Crippen LogP contribution in [0, 0.1) is 6.92 Å². The van der Waals surface area contributed by atoms with Gasteiger partial charge in [0.15, 0.2) is 12.2 Å². The van der Waals surface area contributed by atoms with Crippen LogP contribution >= 0.6 is 11.6 Å². The number of aryl methyl sites for hydroxylation is 1. The molecule has 0 saturated heterocycles. The number of nitrogens with zero attached hydrogens (tertiary/aromatic N) is 1. The van der Waals surface area contributed by atoms with Gasteiger partial charge in [-0.2, -0.15) is 0 Å². The molecule has 3 aromatic rings. The maximum atomic E-state index is 12.3. The normalized spacial score (nSPS) is 10.5. The molecule has 1 amide bonds. The lowest BCUT2D eigenvalue weighted by atomic mass is 10.1. The maximum Gasteiger partial charge on any atom is 0.228 e. The van der Waals surface area contributed by atoms with Crippen LogP contribution in [0.25, 0.3) is 11.3 Å². The molecule has 0 aliphatic heterocycles. The number of ether oxygens (including phenoxy) is 1. The van der Waals surface area contributed by atoms with Crippen molar-refractivity contribution in [1.82, 2.24) is 4.98 Å². The number of hydrogen-bond acceptors (Lipinski definition) is 4. The van der Waals surface area contributed by atoms with E-state index in [-0.39, 0.29) is 12.3 Å². The monoisotopic (exact) mass is 356 g/mol. The van der Waals surface area contributed by atoms with E-state index in [0.717, 1.165) is 16.8 Å². The van der Waals surface area contributed by atoms with Crippen molar-refractivity contribution in [2.45, 2.75) is 13.3 Å². The zero-order chi connectivity index (χ0) is 17.8. The van der Waals surface area contributed by atoms with Crippen LogP contribution in [0.5, 0.6) is 5.75 Å². The zero-order valence-electron chi connectivity index (χ0n) is 13.9. The number of carbonyl (C=O) groups is 1. The molecule has 0 unspecified atom stereocenters. The second-order valence-corrected chi connectivity index (χ2v) is 5.91. The molecule has 0 aliphatic rings. The van der Waals surface area contributed by atoms with Crippen LogP contribution in [0.2, 0.25) is 5.02 Å². The summed E-state index contributed by atoms with van der Waals surface area (Å²) in [5, 5.41) is 3.43. The molecule has 0 bridgehead atoms. The van der Waals surface area contributed by atoms with Crippen LogP contribution in [-0.4, -0.2) is 18.0 Å². The summed E-state index contributed by atoms with van der Waals surface area (Å²) < 4.78 is 10.8. The van der Waals surface area contributed by atoms with Crippen molar-refractivity contribution in [2.24, 2.45) is 0 Å². The number of rotatable bonds is 5. The molecule has 6 heteroatoms. The SMILES string of the molecule is COc1cc(-c2ocnc2C)ccc1NC(=O)Cc1ccccc1Cl. The number of nitrogens with one attached hydrogen (secondary N) is 1. The highest BCUT2D eigenvalue weighted by molar-refractivity contribution is 6.31. The second kappa shape index (κ2) is 7.40. The summed E-state index contributed by atoms with van der Waals surface area (Å²) in [7, 11) is 1.55. The Morgan fingerprint density at radius 1 is 1.28 bits per heavy atom. The van der Waals surface area contributed by atoms with Crippen LogP contribution in [0.4, 0.5) is 5.69 Å². The van der Waals surface area contributed by atoms with Crippen molar-refractivity contribution >= 4 is 23.2 Å². The molecular formula is C19H17ClN2O3. The Kier molecular flexibility index (Phi) is 5.05. The van der Waals surface area contributed by atoms with Gasteiger partial charge in [0, 0.05) is 10.6 Å². The molecule has 0 radical (unpaired) electrons. The van der Waals surface area contributed by atoms with E-state index in [9.17, 15) is 4.79 Å². The quantitative estimate of drug-likeness (QED) is 0.731. The van der Waals surface area contributed by atoms with Gasteiger partial charge < -0.3 is 14.5 Å². The summed E-state index contributed by atoms with van der Waals surface area (Å²) >= 11 is 6.10. The molecule has 128 valence electrons. The topological polar surface area (TPSA) is 64.4 Å². The summed E-state index contributed by atoms with van der Waals surface area (Å²) in [6.45, 7) is 1.87. The summed E-state index contributed by atoms with van der Waals surface area (Å²) in [4.78, 5) is 16.4. The highest BCUT2D eigenvalue weighted by Gasteiger charge is 2.13. The Bertz CT molecular complexity index is 905. The van der Waals surface area contributed by atoms with E-state index >= 15 is 0 Å². The first kappa shape index (κ1) is 17.0. The van der Waals surface area contributed by atoms with Gasteiger partial charge in [0.1, 0.15) is 5.75 Å². The number of anilines is 1. The van der Waals surface area contributed by atoms with Crippen molar-refractivity contribution in [1.29, 1.82) is 0 Å². The van der Waals surface area contributed by atoms with Crippen molar-refractivity contribution in [2.75, 3.05) is 12.4 Å². The van der Waals surface area contributed by atoms with E-state index < -0.39 is 0 Å². The van der Waals surface area contributed by atoms with Crippen molar-refractivity contribution in [3.05, 3.63) is 65.1 Å². The zero-order valence-corrected chi connectivity index (χ0v) is 14.6. The summed E-state index contributed by atoms with van der Waals surface area (Å²) in [6.07, 6.45) is 1.59. The summed E-state index contributed by atoms with van der Waals surface area (Å²) in [6, 6.07) is 12.7. The maximum absolute atomic E-state index is 12.3. The predicted octanol–water partition coefficient (Wildman–Crippen LogP) is 4.49. The minimum absolute atomic E-state index is 0.171. The van der Waals surface area contributed by atoms with Gasteiger partial charge in [-0.05, 0) is 36.8 Å². The Morgan fingerprint density at radius 3 is 2.76 bits per heavy atom. The van der Waals surface area contributed by atoms with Crippen molar-refractivity contribution in [3.63, 3.8) is 0 Å². The fourth-order valence-corrected chi connectivity index (χ4v) is 2.73. The number of carbonyl (C=O) groups excluding carboxylic acids is 1. The van der Waals surface area contributed by atoms with E-state index in [2.05, 4.69) is 10.3 Å². The highest BCUT2D eigenvalue weighted by atomic mass is 35.5. The third-order valence-corrected chi connectivity index (χ3v) is 4.16. The minimum atomic E-state index is -0.171. The Hall–Kier alpha value is -2.79. The van der Waals surface area contributed by atoms with Crippen LogP contribution in [0.1, 0.15) is 11.3 Å². The van der Waals surface area contributed by atoms with E-state index in [1.165, 1.54) is 6.39 Å². The Labute approximate surface area is 150 Å². The van der Waals surface area contributed by atoms with Gasteiger partial charge in [-0.15, -0.1) is 0 Å². The Morgan fingerprint density at radius 2 is 2.08 bits per heavy atom. The van der Waals surface area contributed by atoms with Gasteiger partial charge in [0.25, 0.3) is 0 Å². The smallest absolute Gasteiger partial charge is 0.228 e. The van der Waals surface area contributed by atoms with Gasteiger partial charge in [0.05, 0.1) is 24.9 Å². The minimum Gasteiger partial charge on any atom is -0.495 e. The van der Waals surface area contributed by atoms with Crippen LogP contribution in [0.3, 0.4) is 0 Å². The first-order chi connectivity index (χ1) is 12.1. The van der Waals surface area contributed by atoms with E-state index in [1.807, 2.05) is 31.2 Å². The van der Waals surface area contributed by atoms with Crippen molar-refractivity contribution in [3.8, 4) is 17.1 Å². The standard InChI is InChI=1S/C19H17ClN2O3/c1-12-19(25-11-21-12)14-7-8-16(17(9-14)24-2)22-18(23)10-13-5-3-4-6-15(13)20/h3-9,11H,10H2,1-2H3,(H,22,23). The van der Waals surface area contributed by atoms with Gasteiger partial charge in [0.2, 0.25) is 5.91 Å². The Balaban J connectivity index is 1.79. The first-order valence-electron chi connectivity index (χ1n) is 7.70. The third kappa shape index (κ3) is 3.83. The molecule has 25 heavy (non-hydrogen) atoms. The number of oxazole rings is 1. The number of amides is 1. The summed E-state index contributed by atoms with van der Waals surface area (Å²) in [5.74, 6) is 1.04. The molecule has 1 N–H and O–H groups in total. The molecule has 1 heterocycles. The van der Waals surface area contributed by atoms with Gasteiger partial charge in [-0.25, -0.2) is 4.98 Å². The van der Waals surface area contributed by atoms with Crippen molar-refractivity contribution < 1.29 is 13.9 Å². The first-order valence-corrected chi connectivity index (χ1v) is 8.08. The average Bonchev–Trinajstić information content (AvgIpc) is 3.03. The second-order valence-electron chi connectivity index (χ2n) is 5.50. The molecule has 0 atom stereocenters. The van der Waals surface area contributed by atoms with Gasteiger partial charge >= 0.3 is 0 Å². The van der Waals surface area contributed by atoms with E-state index in [1.54, 1.807) is 25.3 Å². The largest absolute Gasteiger partial charge is 0.495 e. The van der Waals surface area contributed by atoms with E-state index in [4.69, 9.17) is 20.8 Å². The van der Waals surface area contributed by atoms with Crippen LogP contribution in [0.15, 0.2) is 53.3 Å². The molecule has 0 spiro atoms. The molecule has 2 aromatic carbocycles. The molecule has 0 saturated carbocycles. The predicted molar refractivity (Wildman–Crippen MR) is 97.0 cm³/mol. The lowest BCUT2D eigenvalue weighted by Gasteiger charge is -2.12. The number of halogens is 1. The average molecular weight is 357 g/mol. The molecule has 1 aromatic heterocycles. The number of methoxy groups -OCH3 is 1. The highest BCUT2D eigenvalue weighted by Crippen LogP contribution is 2.32. The third-order valence-electron chi connectivity index (χ3n) is 3.79. The van der Waals surface area contributed by atoms with Gasteiger partial charge in [-0.1, -0.05) is 29.8 Å². The van der Waals surface area contributed by atoms with E-state index in [0.29, 0.717) is 22.2 Å². The van der Waals surface area contributed by atoms with Crippen LogP contribution < -0.4 is 10.1 Å². The molecule has 3 rings (SSSR count). The number of aromatic nitrogens is 1. The molecule has 0 fully saturated rings. The lowest BCUT2D eigenvalue weighted by molar-refractivity contribution is -0.115. The molecule has 5 nitrogen and oxygen atoms in total. The number of hydrogen-bond donors (Lipinski definition) is 1. The summed E-state index contributed by atoms with van der Waals surface area (Å²) in [5.41, 5.74) is 2.98. The fraction of sp³-hybridized carbons (Fsp3) is 0.158. The fourth-order valence-electron chi connectivity index (χ4n) is 2.52. The molecule has 0 aliphatic carbocycles. The van der Waals surface area contributed by atoms with Gasteiger partial charge in [-0.3, -0.25) is 4.79 Å². The van der Waals surface area contributed by atoms with Crippen LogP contribution in [-0.2, 0) is 11.2 Å². The lowest BCUT2D eigenvalue weighted by Crippen LogP contribution is -2.15. The molecular weight excluding hydrogens is 340 g/mol. The number of benzene rings is 2.